The summed E-state index contributed by atoms with van der Waals surface area (Å²) in [6.45, 7) is 5.50. The van der Waals surface area contributed by atoms with Crippen molar-refractivity contribution in [2.75, 3.05) is 0 Å². The van der Waals surface area contributed by atoms with Crippen molar-refractivity contribution in [3.63, 3.8) is 0 Å². The van der Waals surface area contributed by atoms with Crippen molar-refractivity contribution in [2.24, 2.45) is 0 Å². The second-order valence-corrected chi connectivity index (χ2v) is 8.61. The third-order valence-corrected chi connectivity index (χ3v) is 6.03. The Morgan fingerprint density at radius 3 is 2.14 bits per heavy atom. The van der Waals surface area contributed by atoms with Crippen molar-refractivity contribution in [1.82, 2.24) is 9.78 Å². The number of hydrogen-bond acceptors (Lipinski definition) is 5. The van der Waals surface area contributed by atoms with Crippen molar-refractivity contribution < 1.29 is 12.6 Å². The van der Waals surface area contributed by atoms with Crippen LogP contribution in [0.5, 0.6) is 5.75 Å². The standard InChI is InChI=1S/C19H16Cl2N2O4S/c1-11-8-12(2)18(13(3)9-11)27-28(25,26)15-6-4-14(5-7-15)23-19(24)17(21)16(20)10-22-23/h4-10H,1-3H3. The lowest BCUT2D eigenvalue weighted by molar-refractivity contribution is 0.482. The van der Waals surface area contributed by atoms with Crippen molar-refractivity contribution >= 4 is 33.3 Å². The molecule has 9 heteroatoms. The molecule has 0 amide bonds. The molecule has 3 aromatic rings. The zero-order valence-corrected chi connectivity index (χ0v) is 17.6. The fraction of sp³-hybridized carbons (Fsp3) is 0.158. The molecule has 0 bridgehead atoms. The van der Waals surface area contributed by atoms with Crippen LogP contribution in [0.4, 0.5) is 0 Å². The van der Waals surface area contributed by atoms with E-state index in [9.17, 15) is 13.2 Å². The molecule has 0 spiro atoms. The van der Waals surface area contributed by atoms with Gasteiger partial charge in [-0.3, -0.25) is 4.79 Å². The molecule has 1 aromatic heterocycles. The van der Waals surface area contributed by atoms with Crippen LogP contribution in [0.25, 0.3) is 5.69 Å². The highest BCUT2D eigenvalue weighted by Gasteiger charge is 2.20. The van der Waals surface area contributed by atoms with Gasteiger partial charge in [0.05, 0.1) is 16.9 Å². The van der Waals surface area contributed by atoms with E-state index >= 15 is 0 Å². The number of hydrogen-bond donors (Lipinski definition) is 0. The van der Waals surface area contributed by atoms with E-state index in [4.69, 9.17) is 27.4 Å². The lowest BCUT2D eigenvalue weighted by Gasteiger charge is -2.13. The zero-order valence-electron chi connectivity index (χ0n) is 15.2. The lowest BCUT2D eigenvalue weighted by atomic mass is 10.1. The highest BCUT2D eigenvalue weighted by atomic mass is 35.5. The zero-order chi connectivity index (χ0) is 20.6. The van der Waals surface area contributed by atoms with Crippen molar-refractivity contribution in [3.8, 4) is 11.4 Å². The number of rotatable bonds is 4. The largest absolute Gasteiger partial charge is 0.378 e. The van der Waals surface area contributed by atoms with Crippen LogP contribution in [0.15, 0.2) is 52.3 Å². The smallest absolute Gasteiger partial charge is 0.339 e. The minimum atomic E-state index is -4.05. The molecule has 6 nitrogen and oxygen atoms in total. The topological polar surface area (TPSA) is 78.3 Å². The molecule has 2 aromatic carbocycles. The predicted octanol–water partition coefficient (Wildman–Crippen LogP) is 4.23. The normalized spacial score (nSPS) is 11.5. The Morgan fingerprint density at radius 2 is 1.57 bits per heavy atom. The number of aromatic nitrogens is 2. The fourth-order valence-electron chi connectivity index (χ4n) is 2.81. The first kappa shape index (κ1) is 20.4. The van der Waals surface area contributed by atoms with E-state index in [1.54, 1.807) is 13.8 Å². The lowest BCUT2D eigenvalue weighted by Crippen LogP contribution is -2.21. The fourth-order valence-corrected chi connectivity index (χ4v) is 4.11. The number of benzene rings is 2. The van der Waals surface area contributed by atoms with Gasteiger partial charge in [0.2, 0.25) is 0 Å². The molecule has 28 heavy (non-hydrogen) atoms. The Balaban J connectivity index is 1.95. The van der Waals surface area contributed by atoms with Gasteiger partial charge < -0.3 is 4.18 Å². The minimum Gasteiger partial charge on any atom is -0.378 e. The molecule has 146 valence electrons. The van der Waals surface area contributed by atoms with E-state index in [1.807, 2.05) is 19.1 Å². The Hall–Kier alpha value is -2.35. The predicted molar refractivity (Wildman–Crippen MR) is 108 cm³/mol. The Morgan fingerprint density at radius 1 is 1.00 bits per heavy atom. The molecule has 0 aliphatic rings. The second-order valence-electron chi connectivity index (χ2n) is 6.28. The molecule has 0 saturated carbocycles. The van der Waals surface area contributed by atoms with Gasteiger partial charge in [-0.05, 0) is 56.2 Å². The van der Waals surface area contributed by atoms with Gasteiger partial charge in [-0.25, -0.2) is 0 Å². The molecule has 0 aliphatic carbocycles. The van der Waals surface area contributed by atoms with Crippen LogP contribution in [0.3, 0.4) is 0 Å². The molecule has 0 atom stereocenters. The molecule has 0 fully saturated rings. The third-order valence-electron chi connectivity index (χ3n) is 4.04. The molecule has 0 radical (unpaired) electrons. The van der Waals surface area contributed by atoms with E-state index < -0.39 is 15.7 Å². The van der Waals surface area contributed by atoms with Gasteiger partial charge in [0, 0.05) is 0 Å². The van der Waals surface area contributed by atoms with E-state index in [0.717, 1.165) is 21.4 Å². The van der Waals surface area contributed by atoms with Gasteiger partial charge in [0.25, 0.3) is 5.56 Å². The van der Waals surface area contributed by atoms with E-state index in [1.165, 1.54) is 30.5 Å². The summed E-state index contributed by atoms with van der Waals surface area (Å²) >= 11 is 11.6. The van der Waals surface area contributed by atoms with Gasteiger partial charge in [-0.15, -0.1) is 0 Å². The first-order valence-corrected chi connectivity index (χ1v) is 10.3. The number of nitrogens with zero attached hydrogens (tertiary/aromatic N) is 2. The van der Waals surface area contributed by atoms with Crippen molar-refractivity contribution in [1.29, 1.82) is 0 Å². The van der Waals surface area contributed by atoms with Crippen LogP contribution >= 0.6 is 23.2 Å². The first-order chi connectivity index (χ1) is 13.1. The second kappa shape index (κ2) is 7.58. The van der Waals surface area contributed by atoms with Gasteiger partial charge in [0.15, 0.2) is 0 Å². The van der Waals surface area contributed by atoms with Crippen LogP contribution in [0, 0.1) is 20.8 Å². The summed E-state index contributed by atoms with van der Waals surface area (Å²) in [4.78, 5) is 12.1. The maximum Gasteiger partial charge on any atom is 0.339 e. The quantitative estimate of drug-likeness (QED) is 0.569. The molecule has 0 saturated heterocycles. The molecular formula is C19H16Cl2N2O4S. The van der Waals surface area contributed by atoms with E-state index in [0.29, 0.717) is 11.4 Å². The molecule has 1 heterocycles. The molecule has 0 N–H and O–H groups in total. The number of aryl methyl sites for hydroxylation is 3. The summed E-state index contributed by atoms with van der Waals surface area (Å²) in [7, 11) is -4.05. The maximum atomic E-state index is 12.7. The third kappa shape index (κ3) is 3.92. The maximum absolute atomic E-state index is 12.7. The average Bonchev–Trinajstić information content (AvgIpc) is 2.63. The average molecular weight is 439 g/mol. The molecule has 3 rings (SSSR count). The van der Waals surface area contributed by atoms with Crippen LogP contribution in [-0.4, -0.2) is 18.2 Å². The minimum absolute atomic E-state index is 0.0411. The van der Waals surface area contributed by atoms with Gasteiger partial charge in [-0.1, -0.05) is 40.9 Å². The van der Waals surface area contributed by atoms with Crippen LogP contribution in [-0.2, 0) is 10.1 Å². The van der Waals surface area contributed by atoms with E-state index in [-0.39, 0.29) is 14.9 Å². The summed E-state index contributed by atoms with van der Waals surface area (Å²) < 4.78 is 31.7. The first-order valence-electron chi connectivity index (χ1n) is 8.16. The van der Waals surface area contributed by atoms with Crippen LogP contribution in [0.1, 0.15) is 16.7 Å². The summed E-state index contributed by atoms with van der Waals surface area (Å²) in [5.41, 5.74) is 2.20. The Labute approximate surface area is 172 Å². The summed E-state index contributed by atoms with van der Waals surface area (Å²) in [5, 5.41) is 3.78. The monoisotopic (exact) mass is 438 g/mol. The molecular weight excluding hydrogens is 423 g/mol. The SMILES string of the molecule is Cc1cc(C)c(OS(=O)(=O)c2ccc(-n3ncc(Cl)c(Cl)c3=O)cc2)c(C)c1. The van der Waals surface area contributed by atoms with Gasteiger partial charge in [0.1, 0.15) is 15.7 Å². The highest BCUT2D eigenvalue weighted by molar-refractivity contribution is 7.87. The highest BCUT2D eigenvalue weighted by Crippen LogP contribution is 2.28. The van der Waals surface area contributed by atoms with Crippen LogP contribution < -0.4 is 9.74 Å². The molecule has 0 unspecified atom stereocenters. The Bertz CT molecular complexity index is 1200. The summed E-state index contributed by atoms with van der Waals surface area (Å²) in [6, 6.07) is 9.24. The van der Waals surface area contributed by atoms with Crippen LogP contribution in [0.2, 0.25) is 10.0 Å². The van der Waals surface area contributed by atoms with E-state index in [2.05, 4.69) is 5.10 Å². The molecule has 0 aliphatic heterocycles. The number of halogens is 2. The Kier molecular flexibility index (Phi) is 5.52. The van der Waals surface area contributed by atoms with Gasteiger partial charge in [-0.2, -0.15) is 18.2 Å². The summed E-state index contributed by atoms with van der Waals surface area (Å²) in [6.07, 6.45) is 1.24. The van der Waals surface area contributed by atoms with Gasteiger partial charge >= 0.3 is 10.1 Å². The van der Waals surface area contributed by atoms with Crippen molar-refractivity contribution in [2.45, 2.75) is 25.7 Å². The summed E-state index contributed by atoms with van der Waals surface area (Å²) in [5.74, 6) is 0.303. The van der Waals surface area contributed by atoms with Crippen molar-refractivity contribution in [3.05, 3.63) is 79.7 Å².